The van der Waals surface area contributed by atoms with Crippen molar-refractivity contribution in [2.45, 2.75) is 6.92 Å². The minimum Gasteiger partial charge on any atom is -0.497 e. The van der Waals surface area contributed by atoms with Crippen LogP contribution in [0.3, 0.4) is 0 Å². The molecule has 3 heteroatoms. The second-order valence-electron chi connectivity index (χ2n) is 4.35. The molecule has 0 radical (unpaired) electrons. The van der Waals surface area contributed by atoms with Gasteiger partial charge in [-0.05, 0) is 47.9 Å². The third kappa shape index (κ3) is 3.26. The van der Waals surface area contributed by atoms with Crippen LogP contribution in [0.4, 0.5) is 0 Å². The minimum absolute atomic E-state index is 0.524. The molecule has 0 saturated carbocycles. The number of nitrogens with two attached hydrogens (primary N) is 1. The van der Waals surface area contributed by atoms with E-state index in [2.05, 4.69) is 19.1 Å². The van der Waals surface area contributed by atoms with Crippen LogP contribution in [0.15, 0.2) is 42.5 Å². The van der Waals surface area contributed by atoms with Crippen molar-refractivity contribution >= 4 is 0 Å². The molecule has 0 heterocycles. The first-order chi connectivity index (χ1) is 9.24. The first kappa shape index (κ1) is 13.4. The Kier molecular flexibility index (Phi) is 4.42. The van der Waals surface area contributed by atoms with Gasteiger partial charge >= 0.3 is 0 Å². The number of aryl methyl sites for hydroxylation is 1. The fourth-order valence-corrected chi connectivity index (χ4v) is 2.02. The molecule has 19 heavy (non-hydrogen) atoms. The Balaban J connectivity index is 2.29. The van der Waals surface area contributed by atoms with Crippen LogP contribution in [0.1, 0.15) is 5.56 Å². The molecule has 0 bridgehead atoms. The zero-order valence-electron chi connectivity index (χ0n) is 11.3. The number of rotatable bonds is 5. The molecule has 0 aliphatic carbocycles. The number of hydrogen-bond donors (Lipinski definition) is 1. The van der Waals surface area contributed by atoms with E-state index in [4.69, 9.17) is 15.2 Å². The number of methoxy groups -OCH3 is 1. The molecule has 0 aliphatic rings. The van der Waals surface area contributed by atoms with Gasteiger partial charge in [-0.3, -0.25) is 0 Å². The summed E-state index contributed by atoms with van der Waals surface area (Å²) in [6, 6.07) is 14.1. The van der Waals surface area contributed by atoms with E-state index < -0.39 is 0 Å². The molecular formula is C16H19NO2. The largest absolute Gasteiger partial charge is 0.497 e. The number of hydrogen-bond acceptors (Lipinski definition) is 3. The van der Waals surface area contributed by atoms with E-state index in [1.54, 1.807) is 7.11 Å². The van der Waals surface area contributed by atoms with Gasteiger partial charge in [0.2, 0.25) is 0 Å². The van der Waals surface area contributed by atoms with Gasteiger partial charge in [-0.15, -0.1) is 0 Å². The Labute approximate surface area is 114 Å². The van der Waals surface area contributed by atoms with Crippen molar-refractivity contribution in [1.29, 1.82) is 0 Å². The minimum atomic E-state index is 0.524. The molecule has 2 N–H and O–H groups in total. The van der Waals surface area contributed by atoms with Gasteiger partial charge < -0.3 is 15.2 Å². The molecule has 2 rings (SSSR count). The van der Waals surface area contributed by atoms with Crippen LogP contribution < -0.4 is 15.2 Å². The molecule has 2 aromatic rings. The van der Waals surface area contributed by atoms with E-state index in [0.717, 1.165) is 17.1 Å². The van der Waals surface area contributed by atoms with E-state index in [0.29, 0.717) is 13.2 Å². The van der Waals surface area contributed by atoms with Crippen molar-refractivity contribution in [3.63, 3.8) is 0 Å². The van der Waals surface area contributed by atoms with Crippen LogP contribution in [0.2, 0.25) is 0 Å². The highest BCUT2D eigenvalue weighted by Crippen LogP contribution is 2.29. The van der Waals surface area contributed by atoms with Crippen LogP contribution >= 0.6 is 0 Å². The van der Waals surface area contributed by atoms with Crippen LogP contribution in [0, 0.1) is 6.92 Å². The lowest BCUT2D eigenvalue weighted by molar-refractivity contribution is 0.328. The topological polar surface area (TPSA) is 44.5 Å². The Morgan fingerprint density at radius 3 is 2.58 bits per heavy atom. The summed E-state index contributed by atoms with van der Waals surface area (Å²) in [7, 11) is 1.68. The Morgan fingerprint density at radius 2 is 1.89 bits per heavy atom. The molecule has 0 unspecified atom stereocenters. The highest BCUT2D eigenvalue weighted by molar-refractivity contribution is 5.69. The molecule has 100 valence electrons. The van der Waals surface area contributed by atoms with E-state index >= 15 is 0 Å². The van der Waals surface area contributed by atoms with Gasteiger partial charge in [0.15, 0.2) is 0 Å². The lowest BCUT2D eigenvalue weighted by atomic mass is 10.0. The summed E-state index contributed by atoms with van der Waals surface area (Å²) in [6.07, 6.45) is 0. The Bertz CT molecular complexity index is 552. The van der Waals surface area contributed by atoms with Gasteiger partial charge in [0.05, 0.1) is 7.11 Å². The Morgan fingerprint density at radius 1 is 1.05 bits per heavy atom. The predicted molar refractivity (Wildman–Crippen MR) is 77.7 cm³/mol. The number of benzene rings is 2. The summed E-state index contributed by atoms with van der Waals surface area (Å²) in [4.78, 5) is 0. The highest BCUT2D eigenvalue weighted by atomic mass is 16.5. The molecule has 0 fully saturated rings. The highest BCUT2D eigenvalue weighted by Gasteiger charge is 2.04. The van der Waals surface area contributed by atoms with Crippen molar-refractivity contribution in [3.05, 3.63) is 48.0 Å². The lowest BCUT2D eigenvalue weighted by Crippen LogP contribution is -2.10. The van der Waals surface area contributed by atoms with Gasteiger partial charge in [0.25, 0.3) is 0 Å². The van der Waals surface area contributed by atoms with Gasteiger partial charge in [-0.1, -0.05) is 18.2 Å². The zero-order chi connectivity index (χ0) is 13.7. The summed E-state index contributed by atoms with van der Waals surface area (Å²) in [5.74, 6) is 1.72. The fraction of sp³-hybridized carbons (Fsp3) is 0.250. The molecule has 0 aromatic heterocycles. The molecular weight excluding hydrogens is 238 g/mol. The third-order valence-electron chi connectivity index (χ3n) is 2.97. The van der Waals surface area contributed by atoms with Crippen molar-refractivity contribution in [2.75, 3.05) is 20.3 Å². The fourth-order valence-electron chi connectivity index (χ4n) is 2.02. The van der Waals surface area contributed by atoms with Crippen LogP contribution in [-0.4, -0.2) is 20.3 Å². The van der Waals surface area contributed by atoms with Crippen molar-refractivity contribution in [1.82, 2.24) is 0 Å². The molecule has 0 atom stereocenters. The first-order valence-corrected chi connectivity index (χ1v) is 6.32. The Hall–Kier alpha value is -2.00. The molecule has 2 aromatic carbocycles. The predicted octanol–water partition coefficient (Wildman–Crippen LogP) is 3.01. The van der Waals surface area contributed by atoms with Crippen LogP contribution in [0.5, 0.6) is 11.5 Å². The lowest BCUT2D eigenvalue weighted by Gasteiger charge is -2.10. The van der Waals surface area contributed by atoms with E-state index in [1.807, 2.05) is 30.3 Å². The van der Waals surface area contributed by atoms with Gasteiger partial charge in [-0.25, -0.2) is 0 Å². The number of ether oxygens (including phenoxy) is 2. The van der Waals surface area contributed by atoms with Gasteiger partial charge in [0.1, 0.15) is 18.1 Å². The SMILES string of the molecule is COc1cccc(-c2ccc(OCCN)cc2C)c1. The van der Waals surface area contributed by atoms with E-state index in [9.17, 15) is 0 Å². The smallest absolute Gasteiger partial charge is 0.119 e. The van der Waals surface area contributed by atoms with E-state index in [-0.39, 0.29) is 0 Å². The summed E-state index contributed by atoms with van der Waals surface area (Å²) in [5.41, 5.74) is 8.92. The molecule has 0 amide bonds. The second kappa shape index (κ2) is 6.25. The summed E-state index contributed by atoms with van der Waals surface area (Å²) >= 11 is 0. The average molecular weight is 257 g/mol. The van der Waals surface area contributed by atoms with Crippen LogP contribution in [0.25, 0.3) is 11.1 Å². The maximum atomic E-state index is 5.52. The quantitative estimate of drug-likeness (QED) is 0.895. The van der Waals surface area contributed by atoms with Crippen LogP contribution in [-0.2, 0) is 0 Å². The summed E-state index contributed by atoms with van der Waals surface area (Å²) in [6.45, 7) is 3.14. The monoisotopic (exact) mass is 257 g/mol. The maximum Gasteiger partial charge on any atom is 0.119 e. The standard InChI is InChI=1S/C16H19NO2/c1-12-10-15(19-9-8-17)6-7-16(12)13-4-3-5-14(11-13)18-2/h3-7,10-11H,8-9,17H2,1-2H3. The summed E-state index contributed by atoms with van der Waals surface area (Å²) in [5, 5.41) is 0. The molecule has 0 spiro atoms. The van der Waals surface area contributed by atoms with Crippen molar-refractivity contribution in [3.8, 4) is 22.6 Å². The first-order valence-electron chi connectivity index (χ1n) is 6.32. The zero-order valence-corrected chi connectivity index (χ0v) is 11.3. The van der Waals surface area contributed by atoms with Crippen molar-refractivity contribution < 1.29 is 9.47 Å². The van der Waals surface area contributed by atoms with Crippen molar-refractivity contribution in [2.24, 2.45) is 5.73 Å². The van der Waals surface area contributed by atoms with E-state index in [1.165, 1.54) is 11.1 Å². The normalized spacial score (nSPS) is 10.3. The van der Waals surface area contributed by atoms with Gasteiger partial charge in [0, 0.05) is 6.54 Å². The second-order valence-corrected chi connectivity index (χ2v) is 4.35. The summed E-state index contributed by atoms with van der Waals surface area (Å²) < 4.78 is 10.8. The average Bonchev–Trinajstić information content (AvgIpc) is 2.45. The molecule has 0 aliphatic heterocycles. The molecule has 3 nitrogen and oxygen atoms in total. The maximum absolute atomic E-state index is 5.52. The van der Waals surface area contributed by atoms with Gasteiger partial charge in [-0.2, -0.15) is 0 Å². The third-order valence-corrected chi connectivity index (χ3v) is 2.97. The molecule has 0 saturated heterocycles.